The number of thiazole rings is 1. The van der Waals surface area contributed by atoms with Gasteiger partial charge in [-0.15, -0.1) is 35.3 Å². The van der Waals surface area contributed by atoms with Gasteiger partial charge in [0, 0.05) is 36.7 Å². The summed E-state index contributed by atoms with van der Waals surface area (Å²) in [5.41, 5.74) is 4.36. The minimum atomic E-state index is 0. The van der Waals surface area contributed by atoms with E-state index in [4.69, 9.17) is 14.5 Å². The summed E-state index contributed by atoms with van der Waals surface area (Å²) in [4.78, 5) is 9.05. The Morgan fingerprint density at radius 1 is 1.06 bits per heavy atom. The molecule has 0 unspecified atom stereocenters. The van der Waals surface area contributed by atoms with Gasteiger partial charge < -0.3 is 20.1 Å². The summed E-state index contributed by atoms with van der Waals surface area (Å²) in [5, 5.41) is 9.79. The highest BCUT2D eigenvalue weighted by atomic mass is 127. The summed E-state index contributed by atoms with van der Waals surface area (Å²) in [5.74, 6) is 1.59. The van der Waals surface area contributed by atoms with E-state index in [9.17, 15) is 0 Å². The number of rotatable bonds is 10. The maximum Gasteiger partial charge on any atom is 0.191 e. The van der Waals surface area contributed by atoms with Gasteiger partial charge >= 0.3 is 0 Å². The van der Waals surface area contributed by atoms with Crippen LogP contribution in [0.15, 0.2) is 58.9 Å². The molecule has 0 atom stereocenters. The predicted octanol–water partition coefficient (Wildman–Crippen LogP) is 5.02. The van der Waals surface area contributed by atoms with Gasteiger partial charge in [0.15, 0.2) is 5.96 Å². The van der Waals surface area contributed by atoms with Crippen molar-refractivity contribution in [2.75, 3.05) is 26.9 Å². The Bertz CT molecular complexity index is 979. The summed E-state index contributed by atoms with van der Waals surface area (Å²) >= 11 is 1.64. The summed E-state index contributed by atoms with van der Waals surface area (Å²) in [6, 6.07) is 16.4. The van der Waals surface area contributed by atoms with Gasteiger partial charge in [-0.2, -0.15) is 0 Å². The fraction of sp³-hybridized carbons (Fsp3) is 0.333. The van der Waals surface area contributed by atoms with Gasteiger partial charge in [-0.1, -0.05) is 42.5 Å². The van der Waals surface area contributed by atoms with E-state index < -0.39 is 0 Å². The topological polar surface area (TPSA) is 67.8 Å². The number of benzene rings is 2. The Morgan fingerprint density at radius 3 is 2.59 bits per heavy atom. The van der Waals surface area contributed by atoms with Crippen LogP contribution in [-0.4, -0.2) is 37.8 Å². The molecule has 0 bridgehead atoms. The van der Waals surface area contributed by atoms with Gasteiger partial charge in [-0.25, -0.2) is 4.98 Å². The molecule has 0 radical (unpaired) electrons. The number of hydrogen-bond acceptors (Lipinski definition) is 5. The highest BCUT2D eigenvalue weighted by Crippen LogP contribution is 2.22. The number of halogens is 1. The van der Waals surface area contributed by atoms with Crippen LogP contribution >= 0.6 is 35.3 Å². The number of hydrogen-bond donors (Lipinski definition) is 2. The maximum atomic E-state index is 5.93. The van der Waals surface area contributed by atoms with E-state index in [2.05, 4.69) is 58.3 Å². The first-order valence-corrected chi connectivity index (χ1v) is 11.3. The van der Waals surface area contributed by atoms with Crippen LogP contribution in [0.1, 0.15) is 23.1 Å². The first-order valence-electron chi connectivity index (χ1n) is 10.4. The SMILES string of the molecule is CCOCCOc1cc(C)ccc1CNC(=NC)NCc1nc(-c2ccccc2)cs1.I. The molecule has 3 rings (SSSR count). The van der Waals surface area contributed by atoms with Crippen molar-refractivity contribution in [2.45, 2.75) is 26.9 Å². The average molecular weight is 567 g/mol. The molecule has 0 aliphatic heterocycles. The summed E-state index contributed by atoms with van der Waals surface area (Å²) in [6.45, 7) is 7.07. The lowest BCUT2D eigenvalue weighted by atomic mass is 10.1. The zero-order chi connectivity index (χ0) is 21.9. The van der Waals surface area contributed by atoms with Crippen molar-refractivity contribution < 1.29 is 9.47 Å². The van der Waals surface area contributed by atoms with E-state index in [1.165, 1.54) is 0 Å². The second-order valence-corrected chi connectivity index (χ2v) is 7.87. The molecule has 3 aromatic rings. The third-order valence-electron chi connectivity index (χ3n) is 4.61. The molecule has 6 nitrogen and oxygen atoms in total. The molecule has 0 saturated heterocycles. The second-order valence-electron chi connectivity index (χ2n) is 6.93. The molecule has 1 aromatic heterocycles. The van der Waals surface area contributed by atoms with Crippen molar-refractivity contribution in [1.82, 2.24) is 15.6 Å². The quantitative estimate of drug-likeness (QED) is 0.156. The molecule has 1 heterocycles. The Labute approximate surface area is 211 Å². The number of guanidine groups is 1. The number of ether oxygens (including phenoxy) is 2. The Balaban J connectivity index is 0.00000363. The average Bonchev–Trinajstić information content (AvgIpc) is 3.27. The molecular formula is C24H31IN4O2S. The normalized spacial score (nSPS) is 11.0. The molecule has 0 saturated carbocycles. The van der Waals surface area contributed by atoms with Crippen LogP contribution in [0.2, 0.25) is 0 Å². The van der Waals surface area contributed by atoms with Crippen molar-refractivity contribution >= 4 is 41.3 Å². The van der Waals surface area contributed by atoms with E-state index in [1.807, 2.05) is 25.1 Å². The van der Waals surface area contributed by atoms with E-state index >= 15 is 0 Å². The van der Waals surface area contributed by atoms with Gasteiger partial charge in [-0.05, 0) is 25.5 Å². The molecule has 32 heavy (non-hydrogen) atoms. The molecule has 0 amide bonds. The first-order chi connectivity index (χ1) is 15.2. The lowest BCUT2D eigenvalue weighted by molar-refractivity contribution is 0.110. The van der Waals surface area contributed by atoms with Crippen molar-refractivity contribution in [3.8, 4) is 17.0 Å². The number of aromatic nitrogens is 1. The van der Waals surface area contributed by atoms with Crippen molar-refractivity contribution in [1.29, 1.82) is 0 Å². The number of nitrogens with one attached hydrogen (secondary N) is 2. The van der Waals surface area contributed by atoms with Crippen LogP contribution in [0.4, 0.5) is 0 Å². The standard InChI is InChI=1S/C24H30N4O2S.HI/c1-4-29-12-13-30-22-14-18(2)10-11-20(22)15-26-24(25-3)27-16-23-28-21(17-31-23)19-8-6-5-7-9-19;/h5-11,14,17H,4,12-13,15-16H2,1-3H3,(H2,25,26,27);1H. The van der Waals surface area contributed by atoms with Gasteiger partial charge in [0.1, 0.15) is 17.4 Å². The summed E-state index contributed by atoms with van der Waals surface area (Å²) < 4.78 is 11.3. The fourth-order valence-corrected chi connectivity index (χ4v) is 3.73. The highest BCUT2D eigenvalue weighted by Gasteiger charge is 2.08. The van der Waals surface area contributed by atoms with E-state index in [0.29, 0.717) is 32.9 Å². The largest absolute Gasteiger partial charge is 0.491 e. The van der Waals surface area contributed by atoms with Crippen molar-refractivity contribution in [3.05, 3.63) is 70.0 Å². The maximum absolute atomic E-state index is 5.93. The summed E-state index contributed by atoms with van der Waals surface area (Å²) in [7, 11) is 1.77. The number of nitrogens with zero attached hydrogens (tertiary/aromatic N) is 2. The molecule has 0 fully saturated rings. The van der Waals surface area contributed by atoms with E-state index in [-0.39, 0.29) is 24.0 Å². The molecule has 0 aliphatic carbocycles. The van der Waals surface area contributed by atoms with Crippen molar-refractivity contribution in [3.63, 3.8) is 0 Å². The second kappa shape index (κ2) is 14.1. The minimum absolute atomic E-state index is 0. The molecule has 2 aromatic carbocycles. The molecule has 0 spiro atoms. The van der Waals surface area contributed by atoms with E-state index in [0.717, 1.165) is 39.1 Å². The molecule has 0 aliphatic rings. The van der Waals surface area contributed by atoms with Gasteiger partial charge in [0.25, 0.3) is 0 Å². The van der Waals surface area contributed by atoms with Crippen molar-refractivity contribution in [2.24, 2.45) is 4.99 Å². The van der Waals surface area contributed by atoms with Crippen LogP contribution in [0, 0.1) is 6.92 Å². The molecule has 172 valence electrons. The van der Waals surface area contributed by atoms with Gasteiger partial charge in [0.05, 0.1) is 18.8 Å². The first kappa shape index (κ1) is 26.1. The Morgan fingerprint density at radius 2 is 1.84 bits per heavy atom. The lowest BCUT2D eigenvalue weighted by Gasteiger charge is -2.15. The predicted molar refractivity (Wildman–Crippen MR) is 143 cm³/mol. The summed E-state index contributed by atoms with van der Waals surface area (Å²) in [6.07, 6.45) is 0. The fourth-order valence-electron chi connectivity index (χ4n) is 2.99. The zero-order valence-corrected chi connectivity index (χ0v) is 21.9. The third kappa shape index (κ3) is 8.07. The smallest absolute Gasteiger partial charge is 0.191 e. The highest BCUT2D eigenvalue weighted by molar-refractivity contribution is 14.0. The minimum Gasteiger partial charge on any atom is -0.491 e. The lowest BCUT2D eigenvalue weighted by Crippen LogP contribution is -2.36. The Hall–Kier alpha value is -2.17. The monoisotopic (exact) mass is 566 g/mol. The molecule has 8 heteroatoms. The molecule has 2 N–H and O–H groups in total. The van der Waals surface area contributed by atoms with Crippen LogP contribution in [-0.2, 0) is 17.8 Å². The Kier molecular flexibility index (Phi) is 11.5. The van der Waals surface area contributed by atoms with E-state index in [1.54, 1.807) is 18.4 Å². The zero-order valence-electron chi connectivity index (χ0n) is 18.8. The van der Waals surface area contributed by atoms with Crippen LogP contribution < -0.4 is 15.4 Å². The van der Waals surface area contributed by atoms with Gasteiger partial charge in [-0.3, -0.25) is 4.99 Å². The van der Waals surface area contributed by atoms with Crippen LogP contribution in [0.3, 0.4) is 0 Å². The third-order valence-corrected chi connectivity index (χ3v) is 5.46. The van der Waals surface area contributed by atoms with Crippen LogP contribution in [0.5, 0.6) is 5.75 Å². The molecular weight excluding hydrogens is 535 g/mol. The number of aryl methyl sites for hydroxylation is 1. The van der Waals surface area contributed by atoms with Gasteiger partial charge in [0.2, 0.25) is 0 Å². The number of aliphatic imine (C=N–C) groups is 1. The van der Waals surface area contributed by atoms with Crippen LogP contribution in [0.25, 0.3) is 11.3 Å².